The van der Waals surface area contributed by atoms with Crippen molar-refractivity contribution in [1.29, 1.82) is 0 Å². The van der Waals surface area contributed by atoms with Crippen LogP contribution in [-0.4, -0.2) is 6.21 Å². The van der Waals surface area contributed by atoms with Crippen LogP contribution in [0.4, 0.5) is 4.39 Å². The van der Waals surface area contributed by atoms with E-state index in [9.17, 15) is 4.39 Å². The Morgan fingerprint density at radius 3 is 2.65 bits per heavy atom. The second-order valence-corrected chi connectivity index (χ2v) is 5.28. The van der Waals surface area contributed by atoms with Gasteiger partial charge in [-0.2, -0.15) is 0 Å². The lowest BCUT2D eigenvalue weighted by atomic mass is 9.78. The summed E-state index contributed by atoms with van der Waals surface area (Å²) in [6, 6.07) is 3.86. The standard InChI is InChI=1S/C17H21FN2/c1-4-16(20-10-11(2)19)15-9-8-14(12(3)17(15)18)13-6-5-7-13/h4,8-10,13H,2,5-7,19H2,1,3H3/b16-4-,20-10?. The molecule has 1 aromatic carbocycles. The van der Waals surface area contributed by atoms with E-state index in [1.807, 2.05) is 26.0 Å². The van der Waals surface area contributed by atoms with Crippen molar-refractivity contribution in [1.82, 2.24) is 0 Å². The number of benzene rings is 1. The van der Waals surface area contributed by atoms with Crippen LogP contribution in [0, 0.1) is 12.7 Å². The summed E-state index contributed by atoms with van der Waals surface area (Å²) in [5.41, 5.74) is 8.80. The van der Waals surface area contributed by atoms with Gasteiger partial charge in [-0.1, -0.05) is 25.1 Å². The minimum absolute atomic E-state index is 0.178. The van der Waals surface area contributed by atoms with Gasteiger partial charge >= 0.3 is 0 Å². The number of nitrogens with two attached hydrogens (primary N) is 1. The zero-order chi connectivity index (χ0) is 14.7. The number of nitrogens with zero attached hydrogens (tertiary/aromatic N) is 1. The van der Waals surface area contributed by atoms with Crippen LogP contribution in [0.15, 0.2) is 35.5 Å². The smallest absolute Gasteiger partial charge is 0.135 e. The van der Waals surface area contributed by atoms with Crippen LogP contribution in [0.2, 0.25) is 0 Å². The fraction of sp³-hybridized carbons (Fsp3) is 0.353. The molecule has 1 saturated carbocycles. The van der Waals surface area contributed by atoms with Crippen molar-refractivity contribution in [3.63, 3.8) is 0 Å². The van der Waals surface area contributed by atoms with Crippen LogP contribution in [0.1, 0.15) is 48.8 Å². The molecule has 0 bridgehead atoms. The molecule has 1 aliphatic rings. The minimum Gasteiger partial charge on any atom is -0.398 e. The Balaban J connectivity index is 2.37. The molecule has 0 aliphatic heterocycles. The normalized spacial score (nSPS) is 16.4. The molecular weight excluding hydrogens is 251 g/mol. The highest BCUT2D eigenvalue weighted by molar-refractivity contribution is 5.83. The average Bonchev–Trinajstić information content (AvgIpc) is 2.35. The number of halogens is 1. The highest BCUT2D eigenvalue weighted by Gasteiger charge is 2.23. The van der Waals surface area contributed by atoms with E-state index < -0.39 is 0 Å². The summed E-state index contributed by atoms with van der Waals surface area (Å²) >= 11 is 0. The van der Waals surface area contributed by atoms with Crippen molar-refractivity contribution in [2.45, 2.75) is 39.0 Å². The first-order valence-corrected chi connectivity index (χ1v) is 6.98. The van der Waals surface area contributed by atoms with Gasteiger partial charge in [-0.05, 0) is 49.8 Å². The summed E-state index contributed by atoms with van der Waals surface area (Å²) in [4.78, 5) is 4.19. The molecule has 0 spiro atoms. The zero-order valence-electron chi connectivity index (χ0n) is 12.1. The van der Waals surface area contributed by atoms with E-state index in [1.165, 1.54) is 25.5 Å². The van der Waals surface area contributed by atoms with E-state index in [1.54, 1.807) is 6.08 Å². The van der Waals surface area contributed by atoms with E-state index in [4.69, 9.17) is 5.73 Å². The Hall–Kier alpha value is -1.90. The zero-order valence-corrected chi connectivity index (χ0v) is 12.1. The van der Waals surface area contributed by atoms with Gasteiger partial charge in [-0.3, -0.25) is 4.99 Å². The topological polar surface area (TPSA) is 38.4 Å². The maximum Gasteiger partial charge on any atom is 0.135 e. The molecule has 3 heteroatoms. The summed E-state index contributed by atoms with van der Waals surface area (Å²) in [6.45, 7) is 7.24. The van der Waals surface area contributed by atoms with Crippen LogP contribution in [0.5, 0.6) is 0 Å². The van der Waals surface area contributed by atoms with E-state index in [0.717, 1.165) is 11.1 Å². The lowest BCUT2D eigenvalue weighted by molar-refractivity contribution is 0.416. The van der Waals surface area contributed by atoms with Crippen molar-refractivity contribution in [3.05, 3.63) is 53.0 Å². The summed E-state index contributed by atoms with van der Waals surface area (Å²) in [5.74, 6) is 0.349. The lowest BCUT2D eigenvalue weighted by Gasteiger charge is -2.27. The Morgan fingerprint density at radius 1 is 1.45 bits per heavy atom. The second-order valence-electron chi connectivity index (χ2n) is 5.28. The van der Waals surface area contributed by atoms with Crippen molar-refractivity contribution in [2.75, 3.05) is 0 Å². The number of rotatable bonds is 4. The summed E-state index contributed by atoms with van der Waals surface area (Å²) in [7, 11) is 0. The molecule has 0 saturated heterocycles. The van der Waals surface area contributed by atoms with Crippen LogP contribution < -0.4 is 5.73 Å². The van der Waals surface area contributed by atoms with Crippen LogP contribution in [0.3, 0.4) is 0 Å². The van der Waals surface area contributed by atoms with Gasteiger partial charge in [0.15, 0.2) is 0 Å². The fourth-order valence-electron chi connectivity index (χ4n) is 2.51. The van der Waals surface area contributed by atoms with Crippen LogP contribution in [-0.2, 0) is 0 Å². The molecule has 0 heterocycles. The predicted molar refractivity (Wildman–Crippen MR) is 83.2 cm³/mol. The number of aliphatic imine (C=N–C) groups is 1. The third kappa shape index (κ3) is 2.82. The fourth-order valence-corrected chi connectivity index (χ4v) is 2.51. The van der Waals surface area contributed by atoms with Crippen molar-refractivity contribution in [3.8, 4) is 0 Å². The van der Waals surface area contributed by atoms with Gasteiger partial charge < -0.3 is 5.73 Å². The van der Waals surface area contributed by atoms with E-state index in [-0.39, 0.29) is 5.82 Å². The molecule has 20 heavy (non-hydrogen) atoms. The molecule has 106 valence electrons. The van der Waals surface area contributed by atoms with E-state index in [2.05, 4.69) is 11.6 Å². The first kappa shape index (κ1) is 14.5. The van der Waals surface area contributed by atoms with Crippen LogP contribution >= 0.6 is 0 Å². The lowest BCUT2D eigenvalue weighted by Crippen LogP contribution is -2.11. The van der Waals surface area contributed by atoms with Crippen molar-refractivity contribution < 1.29 is 4.39 Å². The molecule has 1 aliphatic carbocycles. The maximum atomic E-state index is 14.6. The van der Waals surface area contributed by atoms with Gasteiger partial charge in [0.1, 0.15) is 5.82 Å². The molecule has 0 radical (unpaired) electrons. The molecule has 2 rings (SSSR count). The van der Waals surface area contributed by atoms with Gasteiger partial charge in [0.05, 0.1) is 5.70 Å². The summed E-state index contributed by atoms with van der Waals surface area (Å²) < 4.78 is 14.6. The summed E-state index contributed by atoms with van der Waals surface area (Å²) in [5, 5.41) is 0. The highest BCUT2D eigenvalue weighted by Crippen LogP contribution is 2.39. The van der Waals surface area contributed by atoms with Gasteiger partial charge in [0.25, 0.3) is 0 Å². The monoisotopic (exact) mass is 272 g/mol. The molecule has 2 N–H and O–H groups in total. The first-order valence-electron chi connectivity index (χ1n) is 6.98. The number of hydrogen-bond acceptors (Lipinski definition) is 2. The van der Waals surface area contributed by atoms with Crippen molar-refractivity contribution in [2.24, 2.45) is 10.7 Å². The third-order valence-electron chi connectivity index (χ3n) is 3.89. The van der Waals surface area contributed by atoms with Gasteiger partial charge in [-0.15, -0.1) is 0 Å². The van der Waals surface area contributed by atoms with Crippen molar-refractivity contribution >= 4 is 11.9 Å². The van der Waals surface area contributed by atoms with E-state index in [0.29, 0.717) is 22.9 Å². The highest BCUT2D eigenvalue weighted by atomic mass is 19.1. The predicted octanol–water partition coefficient (Wildman–Crippen LogP) is 4.31. The largest absolute Gasteiger partial charge is 0.398 e. The van der Waals surface area contributed by atoms with E-state index >= 15 is 0 Å². The van der Waals surface area contributed by atoms with Gasteiger partial charge in [0, 0.05) is 17.5 Å². The molecule has 0 unspecified atom stereocenters. The quantitative estimate of drug-likeness (QED) is 0.815. The molecule has 0 aromatic heterocycles. The average molecular weight is 272 g/mol. The second kappa shape index (κ2) is 6.04. The van der Waals surface area contributed by atoms with Gasteiger partial charge in [-0.25, -0.2) is 4.39 Å². The summed E-state index contributed by atoms with van der Waals surface area (Å²) in [6.07, 6.45) is 6.81. The third-order valence-corrected chi connectivity index (χ3v) is 3.89. The molecule has 0 amide bonds. The Labute approximate surface area is 119 Å². The number of allylic oxidation sites excluding steroid dienone is 2. The maximum absolute atomic E-state index is 14.6. The number of hydrogen-bond donors (Lipinski definition) is 1. The first-order chi connectivity index (χ1) is 9.54. The Kier molecular flexibility index (Phi) is 4.38. The molecule has 1 aromatic rings. The minimum atomic E-state index is -0.178. The molecule has 1 fully saturated rings. The Morgan fingerprint density at radius 2 is 2.15 bits per heavy atom. The van der Waals surface area contributed by atoms with Crippen LogP contribution in [0.25, 0.3) is 5.70 Å². The van der Waals surface area contributed by atoms with Gasteiger partial charge in [0.2, 0.25) is 0 Å². The molecular formula is C17H21FN2. The SMILES string of the molecule is C=C(N)C=N/C(=C\C)c1ccc(C2CCC2)c(C)c1F. The Bertz CT molecular complexity index is 581. The molecule has 0 atom stereocenters. The molecule has 2 nitrogen and oxygen atoms in total.